The van der Waals surface area contributed by atoms with Crippen molar-refractivity contribution in [1.82, 2.24) is 9.88 Å². The van der Waals surface area contributed by atoms with Crippen LogP contribution in [0.3, 0.4) is 0 Å². The number of hydrogen-bond acceptors (Lipinski definition) is 2. The topological polar surface area (TPSA) is 28.2 Å². The summed E-state index contributed by atoms with van der Waals surface area (Å²) in [5, 5.41) is 4.30. The first-order chi connectivity index (χ1) is 11.2. The number of aryl methyl sites for hydroxylation is 1. The van der Waals surface area contributed by atoms with Gasteiger partial charge in [0.05, 0.1) is 0 Å². The van der Waals surface area contributed by atoms with Crippen molar-refractivity contribution in [3.8, 4) is 0 Å². The highest BCUT2D eigenvalue weighted by Crippen LogP contribution is 2.30. The number of aromatic nitrogens is 1. The normalized spacial score (nSPS) is 13.7. The van der Waals surface area contributed by atoms with Crippen LogP contribution in [0.15, 0.2) is 42.7 Å². The lowest BCUT2D eigenvalue weighted by molar-refractivity contribution is 0.409. The van der Waals surface area contributed by atoms with E-state index in [2.05, 4.69) is 53.3 Å². The molecule has 0 saturated heterocycles. The minimum Gasteiger partial charge on any atom is -0.342 e. The summed E-state index contributed by atoms with van der Waals surface area (Å²) >= 11 is 5.72. The van der Waals surface area contributed by atoms with E-state index < -0.39 is 0 Å². The van der Waals surface area contributed by atoms with Crippen molar-refractivity contribution in [3.05, 3.63) is 59.4 Å². The maximum absolute atomic E-state index is 5.72. The van der Waals surface area contributed by atoms with E-state index in [0.29, 0.717) is 6.04 Å². The fourth-order valence-electron chi connectivity index (χ4n) is 2.92. The number of hydrogen-bond donors (Lipinski definition) is 1. The molecule has 23 heavy (non-hydrogen) atoms. The second-order valence-electron chi connectivity index (χ2n) is 6.11. The van der Waals surface area contributed by atoms with Gasteiger partial charge in [-0.25, -0.2) is 0 Å². The number of thiocarbonyl (C=S) groups is 1. The lowest BCUT2D eigenvalue weighted by atomic mass is 10.0. The van der Waals surface area contributed by atoms with Crippen LogP contribution in [0, 0.1) is 6.92 Å². The van der Waals surface area contributed by atoms with E-state index in [1.165, 1.54) is 29.5 Å². The van der Waals surface area contributed by atoms with E-state index in [0.717, 1.165) is 23.8 Å². The van der Waals surface area contributed by atoms with Gasteiger partial charge < -0.3 is 10.2 Å². The number of benzene rings is 1. The van der Waals surface area contributed by atoms with Gasteiger partial charge in [0, 0.05) is 30.7 Å². The van der Waals surface area contributed by atoms with E-state index >= 15 is 0 Å². The Hall–Kier alpha value is -1.94. The van der Waals surface area contributed by atoms with Crippen LogP contribution in [-0.4, -0.2) is 21.0 Å². The Morgan fingerprint density at radius 3 is 2.78 bits per heavy atom. The minimum atomic E-state index is 0.560. The molecule has 0 radical (unpaired) electrons. The van der Waals surface area contributed by atoms with Gasteiger partial charge >= 0.3 is 0 Å². The predicted molar refractivity (Wildman–Crippen MR) is 99.6 cm³/mol. The summed E-state index contributed by atoms with van der Waals surface area (Å²) < 4.78 is 0. The molecule has 3 rings (SSSR count). The highest BCUT2D eigenvalue weighted by atomic mass is 32.1. The van der Waals surface area contributed by atoms with Crippen LogP contribution in [0.5, 0.6) is 0 Å². The molecule has 1 heterocycles. The van der Waals surface area contributed by atoms with Crippen LogP contribution in [0.25, 0.3) is 0 Å². The molecule has 1 aromatic carbocycles. The average Bonchev–Trinajstić information content (AvgIpc) is 3.38. The predicted octanol–water partition coefficient (Wildman–Crippen LogP) is 4.31. The van der Waals surface area contributed by atoms with Gasteiger partial charge in [0.1, 0.15) is 0 Å². The van der Waals surface area contributed by atoms with Gasteiger partial charge in [0.25, 0.3) is 0 Å². The van der Waals surface area contributed by atoms with Crippen molar-refractivity contribution < 1.29 is 0 Å². The first-order valence-corrected chi connectivity index (χ1v) is 8.65. The van der Waals surface area contributed by atoms with Gasteiger partial charge in [0.15, 0.2) is 5.11 Å². The molecule has 1 aliphatic carbocycles. The van der Waals surface area contributed by atoms with E-state index in [9.17, 15) is 0 Å². The maximum Gasteiger partial charge on any atom is 0.173 e. The molecule has 0 unspecified atom stereocenters. The van der Waals surface area contributed by atoms with Crippen LogP contribution >= 0.6 is 12.2 Å². The van der Waals surface area contributed by atoms with Crippen molar-refractivity contribution in [2.75, 3.05) is 5.32 Å². The van der Waals surface area contributed by atoms with E-state index in [4.69, 9.17) is 12.2 Å². The molecule has 2 aromatic rings. The monoisotopic (exact) mass is 325 g/mol. The molecule has 0 amide bonds. The number of pyridine rings is 1. The summed E-state index contributed by atoms with van der Waals surface area (Å²) in [6, 6.07) is 11.0. The summed E-state index contributed by atoms with van der Waals surface area (Å²) in [5.74, 6) is 0. The first-order valence-electron chi connectivity index (χ1n) is 8.24. The highest BCUT2D eigenvalue weighted by Gasteiger charge is 2.31. The number of anilines is 1. The quantitative estimate of drug-likeness (QED) is 0.829. The molecule has 0 spiro atoms. The lowest BCUT2D eigenvalue weighted by Crippen LogP contribution is -2.36. The summed E-state index contributed by atoms with van der Waals surface area (Å²) in [4.78, 5) is 6.51. The first kappa shape index (κ1) is 15.9. The zero-order valence-electron chi connectivity index (χ0n) is 13.7. The molecular weight excluding hydrogens is 302 g/mol. The molecule has 1 fully saturated rings. The van der Waals surface area contributed by atoms with Crippen molar-refractivity contribution in [2.24, 2.45) is 0 Å². The number of nitrogens with zero attached hydrogens (tertiary/aromatic N) is 2. The fourth-order valence-corrected chi connectivity index (χ4v) is 3.24. The minimum absolute atomic E-state index is 0.560. The Morgan fingerprint density at radius 2 is 2.13 bits per heavy atom. The van der Waals surface area contributed by atoms with Crippen LogP contribution in [0.2, 0.25) is 0 Å². The van der Waals surface area contributed by atoms with Gasteiger partial charge in [-0.1, -0.05) is 25.1 Å². The SMILES string of the molecule is CCc1c(C)cccc1NC(=S)N(Cc1cccnc1)C1CC1. The molecule has 1 saturated carbocycles. The average molecular weight is 325 g/mol. The van der Waals surface area contributed by atoms with E-state index in [1.807, 2.05) is 18.5 Å². The third-order valence-corrected chi connectivity index (χ3v) is 4.67. The molecule has 0 bridgehead atoms. The van der Waals surface area contributed by atoms with Crippen molar-refractivity contribution in [2.45, 2.75) is 45.7 Å². The maximum atomic E-state index is 5.72. The second kappa shape index (κ2) is 7.09. The Labute approximate surface area is 143 Å². The van der Waals surface area contributed by atoms with Gasteiger partial charge in [-0.15, -0.1) is 0 Å². The molecule has 0 atom stereocenters. The fraction of sp³-hybridized carbons (Fsp3) is 0.368. The number of nitrogens with one attached hydrogen (secondary N) is 1. The summed E-state index contributed by atoms with van der Waals surface area (Å²) in [6.07, 6.45) is 7.17. The van der Waals surface area contributed by atoms with Crippen LogP contribution < -0.4 is 5.32 Å². The molecule has 1 N–H and O–H groups in total. The van der Waals surface area contributed by atoms with Crippen molar-refractivity contribution >= 4 is 23.0 Å². The van der Waals surface area contributed by atoms with Crippen molar-refractivity contribution in [1.29, 1.82) is 0 Å². The van der Waals surface area contributed by atoms with Gasteiger partial charge in [-0.2, -0.15) is 0 Å². The van der Waals surface area contributed by atoms with E-state index in [1.54, 1.807) is 0 Å². The largest absolute Gasteiger partial charge is 0.342 e. The Kier molecular flexibility index (Phi) is 4.91. The molecule has 120 valence electrons. The van der Waals surface area contributed by atoms with Crippen LogP contribution in [-0.2, 0) is 13.0 Å². The smallest absolute Gasteiger partial charge is 0.173 e. The number of rotatable bonds is 5. The molecule has 1 aromatic heterocycles. The highest BCUT2D eigenvalue weighted by molar-refractivity contribution is 7.80. The third-order valence-electron chi connectivity index (χ3n) is 4.33. The molecule has 3 nitrogen and oxygen atoms in total. The van der Waals surface area contributed by atoms with Gasteiger partial charge in [0.2, 0.25) is 0 Å². The summed E-state index contributed by atoms with van der Waals surface area (Å²) in [6.45, 7) is 5.16. The summed E-state index contributed by atoms with van der Waals surface area (Å²) in [7, 11) is 0. The summed E-state index contributed by atoms with van der Waals surface area (Å²) in [5.41, 5.74) is 4.98. The Balaban J connectivity index is 1.76. The van der Waals surface area contributed by atoms with Gasteiger partial charge in [-0.3, -0.25) is 4.98 Å². The van der Waals surface area contributed by atoms with Crippen LogP contribution in [0.4, 0.5) is 5.69 Å². The lowest BCUT2D eigenvalue weighted by Gasteiger charge is -2.26. The Morgan fingerprint density at radius 1 is 1.30 bits per heavy atom. The molecule has 1 aliphatic rings. The van der Waals surface area contributed by atoms with E-state index in [-0.39, 0.29) is 0 Å². The van der Waals surface area contributed by atoms with Crippen LogP contribution in [0.1, 0.15) is 36.5 Å². The second-order valence-corrected chi connectivity index (χ2v) is 6.49. The molecule has 4 heteroatoms. The Bertz CT molecular complexity index is 680. The molecular formula is C19H23N3S. The third kappa shape index (κ3) is 3.88. The molecule has 0 aliphatic heterocycles. The zero-order chi connectivity index (χ0) is 16.2. The van der Waals surface area contributed by atoms with Gasteiger partial charge in [-0.05, 0) is 67.2 Å². The van der Waals surface area contributed by atoms with Crippen molar-refractivity contribution in [3.63, 3.8) is 0 Å². The standard InChI is InChI=1S/C19H23N3S/c1-3-17-14(2)6-4-8-18(17)21-19(23)22(16-9-10-16)13-15-7-5-11-20-12-15/h4-8,11-12,16H,3,9-10,13H2,1-2H3,(H,21,23). The zero-order valence-corrected chi connectivity index (χ0v) is 14.6.